The fraction of sp³-hybridized carbons (Fsp3) is 0.154. The van der Waals surface area contributed by atoms with Crippen molar-refractivity contribution in [1.29, 1.82) is 0 Å². The van der Waals surface area contributed by atoms with Crippen molar-refractivity contribution in [2.24, 2.45) is 0 Å². The Balaban J connectivity index is 1.73. The van der Waals surface area contributed by atoms with Crippen LogP contribution < -0.4 is 10.3 Å². The van der Waals surface area contributed by atoms with Crippen molar-refractivity contribution in [3.05, 3.63) is 95.5 Å². The van der Waals surface area contributed by atoms with Crippen molar-refractivity contribution < 1.29 is 4.74 Å². The number of hydrogen-bond donors (Lipinski definition) is 1. The van der Waals surface area contributed by atoms with Crippen LogP contribution in [0.3, 0.4) is 0 Å². The second-order valence-electron chi connectivity index (χ2n) is 7.60. The molecule has 1 unspecified atom stereocenters. The Kier molecular flexibility index (Phi) is 5.96. The van der Waals surface area contributed by atoms with E-state index in [0.29, 0.717) is 5.56 Å². The minimum atomic E-state index is -0.133. The maximum absolute atomic E-state index is 12.7. The smallest absolute Gasteiger partial charge is 0.255 e. The van der Waals surface area contributed by atoms with Gasteiger partial charge in [-0.2, -0.15) is 0 Å². The number of rotatable bonds is 6. The van der Waals surface area contributed by atoms with Crippen molar-refractivity contribution in [3.63, 3.8) is 0 Å². The summed E-state index contributed by atoms with van der Waals surface area (Å²) in [6.07, 6.45) is 3.43. The van der Waals surface area contributed by atoms with Crippen LogP contribution in [0.4, 0.5) is 0 Å². The first-order valence-corrected chi connectivity index (χ1v) is 10.2. The topological polar surface area (TPSA) is 58.2 Å². The van der Waals surface area contributed by atoms with Gasteiger partial charge in [-0.1, -0.05) is 42.5 Å². The summed E-state index contributed by atoms with van der Waals surface area (Å²) in [5.41, 5.74) is 5.03. The molecule has 4 aromatic rings. The van der Waals surface area contributed by atoms with Gasteiger partial charge in [-0.05, 0) is 68.0 Å². The highest BCUT2D eigenvalue weighted by Gasteiger charge is 2.13. The summed E-state index contributed by atoms with van der Waals surface area (Å²) in [5, 5.41) is 0. The van der Waals surface area contributed by atoms with Gasteiger partial charge in [-0.15, -0.1) is 0 Å². The predicted molar refractivity (Wildman–Crippen MR) is 125 cm³/mol. The van der Waals surface area contributed by atoms with Crippen molar-refractivity contribution in [2.75, 3.05) is 14.1 Å². The fourth-order valence-corrected chi connectivity index (χ4v) is 3.35. The van der Waals surface area contributed by atoms with Gasteiger partial charge in [0.1, 0.15) is 12.0 Å². The van der Waals surface area contributed by atoms with Crippen LogP contribution in [0.5, 0.6) is 5.75 Å². The van der Waals surface area contributed by atoms with E-state index in [1.807, 2.05) is 98.7 Å². The largest absolute Gasteiger partial charge is 0.475 e. The summed E-state index contributed by atoms with van der Waals surface area (Å²) < 4.78 is 5.93. The number of aromatic nitrogens is 2. The Hall–Kier alpha value is -3.70. The summed E-state index contributed by atoms with van der Waals surface area (Å²) >= 11 is 0. The molecule has 1 atom stereocenters. The van der Waals surface area contributed by atoms with Gasteiger partial charge in [0.15, 0.2) is 0 Å². The predicted octanol–water partition coefficient (Wildman–Crippen LogP) is 5.06. The zero-order valence-corrected chi connectivity index (χ0v) is 17.9. The lowest BCUT2D eigenvalue weighted by Gasteiger charge is -2.21. The van der Waals surface area contributed by atoms with Crippen LogP contribution >= 0.6 is 0 Å². The molecule has 156 valence electrons. The molecule has 0 aliphatic heterocycles. The summed E-state index contributed by atoms with van der Waals surface area (Å²) in [5.74, 6) is 0.803. The van der Waals surface area contributed by atoms with Gasteiger partial charge in [0.2, 0.25) is 0 Å². The first-order chi connectivity index (χ1) is 15.0. The molecule has 2 aromatic heterocycles. The van der Waals surface area contributed by atoms with Crippen LogP contribution in [0.25, 0.3) is 33.5 Å². The van der Waals surface area contributed by atoms with Crippen LogP contribution in [0.1, 0.15) is 6.92 Å². The zero-order valence-electron chi connectivity index (χ0n) is 17.9. The van der Waals surface area contributed by atoms with E-state index in [4.69, 9.17) is 4.74 Å². The Morgan fingerprint density at radius 1 is 0.871 bits per heavy atom. The van der Waals surface area contributed by atoms with Crippen LogP contribution in [0.15, 0.2) is 90.0 Å². The number of nitrogens with zero attached hydrogens (tertiary/aromatic N) is 2. The molecular weight excluding hydrogens is 386 g/mol. The Bertz CT molecular complexity index is 1220. The van der Waals surface area contributed by atoms with Crippen LogP contribution in [-0.2, 0) is 0 Å². The van der Waals surface area contributed by atoms with Crippen molar-refractivity contribution in [2.45, 2.75) is 13.2 Å². The van der Waals surface area contributed by atoms with Gasteiger partial charge in [0, 0.05) is 23.5 Å². The molecule has 0 amide bonds. The van der Waals surface area contributed by atoms with Crippen LogP contribution in [0, 0.1) is 0 Å². The Labute approximate surface area is 182 Å². The van der Waals surface area contributed by atoms with Crippen LogP contribution in [-0.4, -0.2) is 35.2 Å². The molecule has 0 aliphatic carbocycles. The van der Waals surface area contributed by atoms with E-state index < -0.39 is 0 Å². The normalized spacial score (nSPS) is 12.0. The second-order valence-corrected chi connectivity index (χ2v) is 7.60. The van der Waals surface area contributed by atoms with E-state index in [1.165, 1.54) is 0 Å². The minimum Gasteiger partial charge on any atom is -0.475 e. The lowest BCUT2D eigenvalue weighted by molar-refractivity contribution is 0.0815. The van der Waals surface area contributed by atoms with E-state index >= 15 is 0 Å². The number of nitrogens with one attached hydrogen (secondary N) is 1. The highest BCUT2D eigenvalue weighted by Crippen LogP contribution is 2.32. The average Bonchev–Trinajstić information content (AvgIpc) is 2.80. The average molecular weight is 412 g/mol. The zero-order chi connectivity index (χ0) is 21.8. The van der Waals surface area contributed by atoms with Gasteiger partial charge >= 0.3 is 0 Å². The third-order valence-corrected chi connectivity index (χ3v) is 5.28. The van der Waals surface area contributed by atoms with Crippen LogP contribution in [0.2, 0.25) is 0 Å². The van der Waals surface area contributed by atoms with E-state index in [0.717, 1.165) is 33.7 Å². The maximum Gasteiger partial charge on any atom is 0.255 e. The monoisotopic (exact) mass is 411 g/mol. The number of aromatic amines is 1. The molecule has 0 aliphatic rings. The molecule has 0 fully saturated rings. The molecule has 31 heavy (non-hydrogen) atoms. The highest BCUT2D eigenvalue weighted by molar-refractivity contribution is 5.84. The van der Waals surface area contributed by atoms with Crippen molar-refractivity contribution in [1.82, 2.24) is 14.9 Å². The minimum absolute atomic E-state index is 0.0222. The van der Waals surface area contributed by atoms with E-state index in [9.17, 15) is 4.79 Å². The molecule has 0 saturated heterocycles. The summed E-state index contributed by atoms with van der Waals surface area (Å²) in [4.78, 5) is 22.0. The number of benzene rings is 2. The molecule has 4 rings (SSSR count). The first kappa shape index (κ1) is 20.6. The molecule has 0 bridgehead atoms. The number of hydrogen-bond acceptors (Lipinski definition) is 4. The van der Waals surface area contributed by atoms with E-state index in [2.05, 4.69) is 9.97 Å². The molecule has 1 N–H and O–H groups in total. The standard InChI is InChI=1S/C26H25N3O2/c1-18(29(2)3)31-21-13-11-19(12-14-21)22-8-4-5-9-23(22)24-16-20(17-28-26(24)30)25-10-6-7-15-27-25/h4-18H,1-3H3,(H,28,30). The lowest BCUT2D eigenvalue weighted by Crippen LogP contribution is -2.30. The first-order valence-electron chi connectivity index (χ1n) is 10.2. The molecule has 0 radical (unpaired) electrons. The number of H-pyrrole nitrogens is 1. The van der Waals surface area contributed by atoms with Crippen molar-refractivity contribution >= 4 is 0 Å². The van der Waals surface area contributed by atoms with Gasteiger partial charge in [-0.3, -0.25) is 14.7 Å². The SMILES string of the molecule is CC(Oc1ccc(-c2ccccc2-c2cc(-c3ccccn3)c[nH]c2=O)cc1)N(C)C. The van der Waals surface area contributed by atoms with Gasteiger partial charge in [0.05, 0.1) is 5.69 Å². The third kappa shape index (κ3) is 4.57. The Morgan fingerprint density at radius 2 is 1.58 bits per heavy atom. The van der Waals surface area contributed by atoms with Crippen molar-refractivity contribution in [3.8, 4) is 39.3 Å². The highest BCUT2D eigenvalue weighted by atomic mass is 16.5. The maximum atomic E-state index is 12.7. The molecule has 0 saturated carbocycles. The third-order valence-electron chi connectivity index (χ3n) is 5.28. The summed E-state index contributed by atoms with van der Waals surface area (Å²) in [7, 11) is 3.96. The molecule has 0 spiro atoms. The summed E-state index contributed by atoms with van der Waals surface area (Å²) in [6.45, 7) is 2.00. The quantitative estimate of drug-likeness (QED) is 0.451. The molecule has 2 aromatic carbocycles. The van der Waals surface area contributed by atoms with Gasteiger partial charge in [-0.25, -0.2) is 0 Å². The second kappa shape index (κ2) is 8.98. The molecule has 5 heteroatoms. The fourth-order valence-electron chi connectivity index (χ4n) is 3.35. The van der Waals surface area contributed by atoms with Gasteiger partial charge < -0.3 is 9.72 Å². The molecular formula is C26H25N3O2. The number of ether oxygens (including phenoxy) is 1. The van der Waals surface area contributed by atoms with E-state index in [-0.39, 0.29) is 11.8 Å². The number of pyridine rings is 2. The summed E-state index contributed by atoms with van der Waals surface area (Å²) in [6, 6.07) is 23.5. The Morgan fingerprint density at radius 3 is 2.26 bits per heavy atom. The lowest BCUT2D eigenvalue weighted by atomic mass is 9.94. The molecule has 5 nitrogen and oxygen atoms in total. The van der Waals surface area contributed by atoms with Gasteiger partial charge in [0.25, 0.3) is 5.56 Å². The molecule has 2 heterocycles. The van der Waals surface area contributed by atoms with E-state index in [1.54, 1.807) is 12.4 Å².